The minimum atomic E-state index is 0.574. The van der Waals surface area contributed by atoms with Gasteiger partial charge in [-0.1, -0.05) is 37.3 Å². The van der Waals surface area contributed by atoms with Crippen LogP contribution in [0, 0.1) is 6.92 Å². The molecule has 4 nitrogen and oxygen atoms in total. The Labute approximate surface area is 166 Å². The van der Waals surface area contributed by atoms with E-state index in [-0.39, 0.29) is 0 Å². The highest BCUT2D eigenvalue weighted by Crippen LogP contribution is 2.28. The van der Waals surface area contributed by atoms with Crippen LogP contribution in [0.4, 0.5) is 5.69 Å². The van der Waals surface area contributed by atoms with E-state index in [1.165, 1.54) is 22.0 Å². The van der Waals surface area contributed by atoms with Gasteiger partial charge in [0.15, 0.2) is 0 Å². The first-order valence-electron chi connectivity index (χ1n) is 9.72. The lowest BCUT2D eigenvalue weighted by Gasteiger charge is -2.26. The third kappa shape index (κ3) is 3.72. The van der Waals surface area contributed by atoms with E-state index in [2.05, 4.69) is 65.0 Å². The highest BCUT2D eigenvalue weighted by atomic mass is 16.5. The lowest BCUT2D eigenvalue weighted by molar-refractivity contribution is 0.306. The largest absolute Gasteiger partial charge is 0.489 e. The zero-order valence-electron chi connectivity index (χ0n) is 16.4. The molecule has 4 rings (SSSR count). The normalized spacial score (nSPS) is 10.9. The van der Waals surface area contributed by atoms with Gasteiger partial charge in [0.1, 0.15) is 12.4 Å². The number of fused-ring (bicyclic) bond motifs is 1. The summed E-state index contributed by atoms with van der Waals surface area (Å²) in [5, 5.41) is 3.50. The van der Waals surface area contributed by atoms with Gasteiger partial charge in [-0.15, -0.1) is 0 Å². The number of anilines is 1. The van der Waals surface area contributed by atoms with E-state index in [1.807, 2.05) is 42.7 Å². The second-order valence-corrected chi connectivity index (χ2v) is 6.94. The Balaban J connectivity index is 1.65. The summed E-state index contributed by atoms with van der Waals surface area (Å²) < 4.78 is 8.27. The number of aryl methyl sites for hydroxylation is 1. The molecule has 0 radical (unpaired) electrons. The number of rotatable bonds is 7. The summed E-state index contributed by atoms with van der Waals surface area (Å²) in [4.78, 5) is 4.15. The molecule has 0 aliphatic rings. The van der Waals surface area contributed by atoms with Gasteiger partial charge in [-0.2, -0.15) is 0 Å². The predicted molar refractivity (Wildman–Crippen MR) is 115 cm³/mol. The van der Waals surface area contributed by atoms with Crippen LogP contribution in [0.1, 0.15) is 24.5 Å². The van der Waals surface area contributed by atoms with Crippen LogP contribution >= 0.6 is 0 Å². The van der Waals surface area contributed by atoms with Crippen molar-refractivity contribution in [3.63, 3.8) is 0 Å². The molecule has 4 aromatic rings. The molecular formula is C24H25N3O. The molecule has 2 aromatic carbocycles. The zero-order chi connectivity index (χ0) is 19.3. The van der Waals surface area contributed by atoms with Crippen LogP contribution < -0.4 is 9.75 Å². The van der Waals surface area contributed by atoms with E-state index in [9.17, 15) is 0 Å². The van der Waals surface area contributed by atoms with Crippen molar-refractivity contribution in [2.24, 2.45) is 0 Å². The van der Waals surface area contributed by atoms with E-state index in [0.29, 0.717) is 6.61 Å². The third-order valence-corrected chi connectivity index (χ3v) is 4.86. The van der Waals surface area contributed by atoms with Crippen LogP contribution in [0.25, 0.3) is 10.9 Å². The van der Waals surface area contributed by atoms with E-state index in [0.717, 1.165) is 24.4 Å². The zero-order valence-corrected chi connectivity index (χ0v) is 16.4. The monoisotopic (exact) mass is 371 g/mol. The average Bonchev–Trinajstić information content (AvgIpc) is 3.07. The smallest absolute Gasteiger partial charge is 0.120 e. The van der Waals surface area contributed by atoms with Crippen LogP contribution in [0.15, 0.2) is 79.3 Å². The first-order valence-corrected chi connectivity index (χ1v) is 9.72. The Morgan fingerprint density at radius 1 is 1.00 bits per heavy atom. The first kappa shape index (κ1) is 18.1. The third-order valence-electron chi connectivity index (χ3n) is 4.86. The molecule has 2 aromatic heterocycles. The first-order chi connectivity index (χ1) is 13.8. The van der Waals surface area contributed by atoms with Gasteiger partial charge in [0, 0.05) is 30.5 Å². The number of ether oxygens (including phenoxy) is 1. The Bertz CT molecular complexity index is 1040. The lowest BCUT2D eigenvalue weighted by Crippen LogP contribution is -2.29. The van der Waals surface area contributed by atoms with E-state index in [4.69, 9.17) is 4.74 Å². The SMILES string of the molecule is CCCN(c1ccncc1)n1cc(C)c2cc(OCc3ccccc3)ccc21. The highest BCUT2D eigenvalue weighted by molar-refractivity contribution is 5.86. The van der Waals surface area contributed by atoms with Gasteiger partial charge in [-0.3, -0.25) is 14.7 Å². The van der Waals surface area contributed by atoms with Gasteiger partial charge in [0.05, 0.1) is 11.2 Å². The van der Waals surface area contributed by atoms with Crippen molar-refractivity contribution in [3.05, 3.63) is 90.4 Å². The Morgan fingerprint density at radius 2 is 1.79 bits per heavy atom. The molecular weight excluding hydrogens is 346 g/mol. The minimum Gasteiger partial charge on any atom is -0.489 e. The van der Waals surface area contributed by atoms with Crippen molar-refractivity contribution < 1.29 is 4.74 Å². The van der Waals surface area contributed by atoms with E-state index in [1.54, 1.807) is 0 Å². The van der Waals surface area contributed by atoms with Gasteiger partial charge in [0.25, 0.3) is 0 Å². The fraction of sp³-hybridized carbons (Fsp3) is 0.208. The van der Waals surface area contributed by atoms with Crippen molar-refractivity contribution in [1.82, 2.24) is 9.66 Å². The molecule has 0 N–H and O–H groups in total. The molecule has 2 heterocycles. The predicted octanol–water partition coefficient (Wildman–Crippen LogP) is 5.60. The van der Waals surface area contributed by atoms with Gasteiger partial charge in [0.2, 0.25) is 0 Å². The Morgan fingerprint density at radius 3 is 2.54 bits per heavy atom. The summed E-state index contributed by atoms with van der Waals surface area (Å²) in [6.07, 6.45) is 6.93. The molecule has 0 saturated heterocycles. The second-order valence-electron chi connectivity index (χ2n) is 6.94. The minimum absolute atomic E-state index is 0.574. The van der Waals surface area contributed by atoms with Gasteiger partial charge in [-0.25, -0.2) is 0 Å². The maximum absolute atomic E-state index is 6.03. The Hall–Kier alpha value is -3.27. The standard InChI is InChI=1S/C24H25N3O/c1-3-15-26(21-11-13-25-14-12-21)27-17-19(2)23-16-22(9-10-24(23)27)28-18-20-7-5-4-6-8-20/h4-14,16-17H,3,15,18H2,1-2H3. The highest BCUT2D eigenvalue weighted by Gasteiger charge is 2.14. The van der Waals surface area contributed by atoms with Gasteiger partial charge < -0.3 is 4.74 Å². The van der Waals surface area contributed by atoms with Gasteiger partial charge in [-0.05, 0) is 54.8 Å². The fourth-order valence-electron chi connectivity index (χ4n) is 3.47. The van der Waals surface area contributed by atoms with Crippen molar-refractivity contribution in [2.75, 3.05) is 11.6 Å². The Kier molecular flexibility index (Phi) is 5.29. The van der Waals surface area contributed by atoms with Crippen LogP contribution in [-0.2, 0) is 6.61 Å². The van der Waals surface area contributed by atoms with Crippen LogP contribution in [-0.4, -0.2) is 16.2 Å². The number of hydrogen-bond acceptors (Lipinski definition) is 3. The molecule has 0 bridgehead atoms. The number of hydrogen-bond donors (Lipinski definition) is 0. The molecule has 0 fully saturated rings. The quantitative estimate of drug-likeness (QED) is 0.423. The van der Waals surface area contributed by atoms with Crippen LogP contribution in [0.2, 0.25) is 0 Å². The number of nitrogens with zero attached hydrogens (tertiary/aromatic N) is 3. The van der Waals surface area contributed by atoms with Crippen molar-refractivity contribution in [1.29, 1.82) is 0 Å². The van der Waals surface area contributed by atoms with Crippen molar-refractivity contribution >= 4 is 16.6 Å². The van der Waals surface area contributed by atoms with Crippen LogP contribution in [0.3, 0.4) is 0 Å². The van der Waals surface area contributed by atoms with Gasteiger partial charge >= 0.3 is 0 Å². The average molecular weight is 371 g/mol. The van der Waals surface area contributed by atoms with E-state index >= 15 is 0 Å². The van der Waals surface area contributed by atoms with Crippen molar-refractivity contribution in [2.45, 2.75) is 26.9 Å². The molecule has 0 aliphatic carbocycles. The summed E-state index contributed by atoms with van der Waals surface area (Å²) in [5.74, 6) is 0.892. The molecule has 0 unspecified atom stereocenters. The number of pyridine rings is 1. The summed E-state index contributed by atoms with van der Waals surface area (Å²) in [7, 11) is 0. The lowest BCUT2D eigenvalue weighted by atomic mass is 10.2. The molecule has 28 heavy (non-hydrogen) atoms. The van der Waals surface area contributed by atoms with Crippen LogP contribution in [0.5, 0.6) is 5.75 Å². The summed E-state index contributed by atoms with van der Waals surface area (Å²) in [5.41, 5.74) is 4.71. The molecule has 0 amide bonds. The van der Waals surface area contributed by atoms with Crippen molar-refractivity contribution in [3.8, 4) is 5.75 Å². The van der Waals surface area contributed by atoms with E-state index < -0.39 is 0 Å². The summed E-state index contributed by atoms with van der Waals surface area (Å²) in [6.45, 7) is 5.85. The summed E-state index contributed by atoms with van der Waals surface area (Å²) in [6, 6.07) is 20.7. The number of benzene rings is 2. The number of aromatic nitrogens is 2. The molecule has 0 saturated carbocycles. The fourth-order valence-corrected chi connectivity index (χ4v) is 3.47. The molecule has 0 spiro atoms. The molecule has 142 valence electrons. The molecule has 4 heteroatoms. The topological polar surface area (TPSA) is 30.3 Å². The molecule has 0 atom stereocenters. The maximum Gasteiger partial charge on any atom is 0.120 e. The second kappa shape index (κ2) is 8.17. The maximum atomic E-state index is 6.03. The molecule has 0 aliphatic heterocycles. The summed E-state index contributed by atoms with van der Waals surface area (Å²) >= 11 is 0.